The van der Waals surface area contributed by atoms with E-state index in [0.717, 1.165) is 22.8 Å². The third-order valence-electron chi connectivity index (χ3n) is 2.60. The largest absolute Gasteiger partial charge is 0.397 e. The molecule has 1 heterocycles. The highest BCUT2D eigenvalue weighted by molar-refractivity contribution is 6.33. The van der Waals surface area contributed by atoms with Gasteiger partial charge in [0.05, 0.1) is 22.1 Å². The van der Waals surface area contributed by atoms with Gasteiger partial charge in [-0.1, -0.05) is 23.7 Å². The summed E-state index contributed by atoms with van der Waals surface area (Å²) in [6.07, 6.45) is 0. The first kappa shape index (κ1) is 11.7. The number of benzene rings is 1. The summed E-state index contributed by atoms with van der Waals surface area (Å²) >= 11 is 6.14. The van der Waals surface area contributed by atoms with Gasteiger partial charge in [0, 0.05) is 0 Å². The number of nitrogens with two attached hydrogens (primary N) is 1. The molecule has 88 valence electrons. The SMILES string of the molecule is Cc1cccc(Cl)c1Nc1ccc(N)c(C)n1. The molecule has 0 fully saturated rings. The summed E-state index contributed by atoms with van der Waals surface area (Å²) in [4.78, 5) is 4.36. The molecular weight excluding hydrogens is 234 g/mol. The number of anilines is 3. The maximum absolute atomic E-state index is 6.14. The molecule has 0 aliphatic rings. The first-order valence-corrected chi connectivity index (χ1v) is 5.71. The molecule has 0 atom stereocenters. The molecule has 4 heteroatoms. The fraction of sp³-hybridized carbons (Fsp3) is 0.154. The van der Waals surface area contributed by atoms with Crippen LogP contribution in [0.3, 0.4) is 0 Å². The van der Waals surface area contributed by atoms with E-state index in [1.807, 2.05) is 44.2 Å². The summed E-state index contributed by atoms with van der Waals surface area (Å²) in [5, 5.41) is 3.89. The summed E-state index contributed by atoms with van der Waals surface area (Å²) < 4.78 is 0. The molecule has 2 rings (SSSR count). The zero-order valence-corrected chi connectivity index (χ0v) is 10.5. The fourth-order valence-corrected chi connectivity index (χ4v) is 1.83. The number of hydrogen-bond acceptors (Lipinski definition) is 3. The third kappa shape index (κ3) is 2.50. The Labute approximate surface area is 106 Å². The van der Waals surface area contributed by atoms with Gasteiger partial charge in [-0.2, -0.15) is 0 Å². The lowest BCUT2D eigenvalue weighted by atomic mass is 10.2. The molecular formula is C13H14ClN3. The highest BCUT2D eigenvalue weighted by Gasteiger charge is 2.05. The molecule has 0 aliphatic heterocycles. The van der Waals surface area contributed by atoms with Crippen LogP contribution >= 0.6 is 11.6 Å². The van der Waals surface area contributed by atoms with Crippen molar-refractivity contribution in [2.24, 2.45) is 0 Å². The Morgan fingerprint density at radius 3 is 2.59 bits per heavy atom. The molecule has 1 aromatic heterocycles. The van der Waals surface area contributed by atoms with Crippen LogP contribution in [0.25, 0.3) is 0 Å². The highest BCUT2D eigenvalue weighted by atomic mass is 35.5. The third-order valence-corrected chi connectivity index (χ3v) is 2.92. The molecule has 0 radical (unpaired) electrons. The van der Waals surface area contributed by atoms with Crippen molar-refractivity contribution in [2.75, 3.05) is 11.1 Å². The summed E-state index contributed by atoms with van der Waals surface area (Å²) in [5.41, 5.74) is 9.18. The molecule has 3 N–H and O–H groups in total. The maximum Gasteiger partial charge on any atom is 0.130 e. The molecule has 0 saturated carbocycles. The van der Waals surface area contributed by atoms with Gasteiger partial charge in [0.2, 0.25) is 0 Å². The number of nitrogens with zero attached hydrogens (tertiary/aromatic N) is 1. The smallest absolute Gasteiger partial charge is 0.130 e. The molecule has 1 aromatic carbocycles. The summed E-state index contributed by atoms with van der Waals surface area (Å²) in [7, 11) is 0. The minimum absolute atomic E-state index is 0.682. The fourth-order valence-electron chi connectivity index (χ4n) is 1.56. The van der Waals surface area contributed by atoms with Crippen LogP contribution in [0.4, 0.5) is 17.2 Å². The average molecular weight is 248 g/mol. The van der Waals surface area contributed by atoms with E-state index >= 15 is 0 Å². The molecule has 0 amide bonds. The Morgan fingerprint density at radius 1 is 1.18 bits per heavy atom. The zero-order valence-electron chi connectivity index (χ0n) is 9.79. The van der Waals surface area contributed by atoms with Gasteiger partial charge in [-0.15, -0.1) is 0 Å². The van der Waals surface area contributed by atoms with Crippen LogP contribution in [0, 0.1) is 13.8 Å². The van der Waals surface area contributed by atoms with Crippen LogP contribution in [-0.4, -0.2) is 4.98 Å². The van der Waals surface area contributed by atoms with Gasteiger partial charge < -0.3 is 11.1 Å². The van der Waals surface area contributed by atoms with Crippen molar-refractivity contribution in [1.82, 2.24) is 4.98 Å². The van der Waals surface area contributed by atoms with E-state index in [0.29, 0.717) is 10.7 Å². The second-order valence-electron chi connectivity index (χ2n) is 3.93. The highest BCUT2D eigenvalue weighted by Crippen LogP contribution is 2.28. The number of para-hydroxylation sites is 1. The van der Waals surface area contributed by atoms with Crippen molar-refractivity contribution in [3.05, 3.63) is 46.6 Å². The normalized spacial score (nSPS) is 10.3. The first-order valence-electron chi connectivity index (χ1n) is 5.33. The van der Waals surface area contributed by atoms with Crippen LogP contribution in [0.15, 0.2) is 30.3 Å². The Balaban J connectivity index is 2.35. The number of pyridine rings is 1. The standard InChI is InChI=1S/C13H14ClN3/c1-8-4-3-5-10(14)13(8)17-12-7-6-11(15)9(2)16-12/h3-7H,15H2,1-2H3,(H,16,17). The minimum Gasteiger partial charge on any atom is -0.397 e. The van der Waals surface area contributed by atoms with Crippen LogP contribution in [-0.2, 0) is 0 Å². The van der Waals surface area contributed by atoms with E-state index in [2.05, 4.69) is 10.3 Å². The second-order valence-corrected chi connectivity index (χ2v) is 4.34. The topological polar surface area (TPSA) is 50.9 Å². The Hall–Kier alpha value is -1.74. The molecule has 2 aromatic rings. The van der Waals surface area contributed by atoms with Crippen molar-refractivity contribution in [3.8, 4) is 0 Å². The van der Waals surface area contributed by atoms with Crippen LogP contribution in [0.2, 0.25) is 5.02 Å². The second kappa shape index (κ2) is 4.63. The monoisotopic (exact) mass is 247 g/mol. The zero-order chi connectivity index (χ0) is 12.4. The molecule has 0 bridgehead atoms. The minimum atomic E-state index is 0.682. The van der Waals surface area contributed by atoms with E-state index in [-0.39, 0.29) is 0 Å². The van der Waals surface area contributed by atoms with Crippen LogP contribution < -0.4 is 11.1 Å². The maximum atomic E-state index is 6.14. The number of hydrogen-bond donors (Lipinski definition) is 2. The van der Waals surface area contributed by atoms with Crippen molar-refractivity contribution >= 4 is 28.8 Å². The molecule has 3 nitrogen and oxygen atoms in total. The lowest BCUT2D eigenvalue weighted by Gasteiger charge is -2.11. The number of halogens is 1. The van der Waals surface area contributed by atoms with E-state index < -0.39 is 0 Å². The van der Waals surface area contributed by atoms with E-state index in [9.17, 15) is 0 Å². The van der Waals surface area contributed by atoms with Crippen LogP contribution in [0.5, 0.6) is 0 Å². The van der Waals surface area contributed by atoms with Crippen molar-refractivity contribution in [1.29, 1.82) is 0 Å². The van der Waals surface area contributed by atoms with Gasteiger partial charge in [0.15, 0.2) is 0 Å². The molecule has 17 heavy (non-hydrogen) atoms. The average Bonchev–Trinajstić information content (AvgIpc) is 2.28. The van der Waals surface area contributed by atoms with Crippen molar-refractivity contribution in [3.63, 3.8) is 0 Å². The van der Waals surface area contributed by atoms with Gasteiger partial charge >= 0.3 is 0 Å². The number of nitrogen functional groups attached to an aromatic ring is 1. The Bertz CT molecular complexity index is 532. The molecule has 0 spiro atoms. The van der Waals surface area contributed by atoms with Gasteiger partial charge in [-0.25, -0.2) is 4.98 Å². The van der Waals surface area contributed by atoms with E-state index in [1.165, 1.54) is 0 Å². The number of aromatic nitrogens is 1. The summed E-state index contributed by atoms with van der Waals surface area (Å²) in [6.45, 7) is 3.87. The Morgan fingerprint density at radius 2 is 1.94 bits per heavy atom. The summed E-state index contributed by atoms with van der Waals surface area (Å²) in [6, 6.07) is 9.44. The van der Waals surface area contributed by atoms with Gasteiger partial charge in [0.25, 0.3) is 0 Å². The number of nitrogens with one attached hydrogen (secondary N) is 1. The predicted octanol–water partition coefficient (Wildman–Crippen LogP) is 3.68. The molecule has 0 saturated heterocycles. The summed E-state index contributed by atoms with van der Waals surface area (Å²) in [5.74, 6) is 0.743. The van der Waals surface area contributed by atoms with Gasteiger partial charge in [-0.05, 0) is 37.6 Å². The predicted molar refractivity (Wildman–Crippen MR) is 72.9 cm³/mol. The van der Waals surface area contributed by atoms with E-state index in [1.54, 1.807) is 0 Å². The lowest BCUT2D eigenvalue weighted by Crippen LogP contribution is -1.99. The van der Waals surface area contributed by atoms with Crippen molar-refractivity contribution in [2.45, 2.75) is 13.8 Å². The number of aryl methyl sites for hydroxylation is 2. The van der Waals surface area contributed by atoms with Crippen LogP contribution in [0.1, 0.15) is 11.3 Å². The van der Waals surface area contributed by atoms with Gasteiger partial charge in [0.1, 0.15) is 5.82 Å². The van der Waals surface area contributed by atoms with Crippen molar-refractivity contribution < 1.29 is 0 Å². The van der Waals surface area contributed by atoms with Gasteiger partial charge in [-0.3, -0.25) is 0 Å². The number of rotatable bonds is 2. The molecule has 0 unspecified atom stereocenters. The Kier molecular flexibility index (Phi) is 3.20. The molecule has 0 aliphatic carbocycles. The first-order chi connectivity index (χ1) is 8.08. The lowest BCUT2D eigenvalue weighted by molar-refractivity contribution is 1.20. The quantitative estimate of drug-likeness (QED) is 0.851. The van der Waals surface area contributed by atoms with E-state index in [4.69, 9.17) is 17.3 Å².